The fourth-order valence-corrected chi connectivity index (χ4v) is 1.86. The Morgan fingerprint density at radius 2 is 2.00 bits per heavy atom. The average molecular weight is 384 g/mol. The third-order valence-corrected chi connectivity index (χ3v) is 2.77. The fourth-order valence-electron chi connectivity index (χ4n) is 1.21. The van der Waals surface area contributed by atoms with E-state index in [2.05, 4.69) is 33.2 Å². The van der Waals surface area contributed by atoms with Crippen LogP contribution >= 0.6 is 35.0 Å². The molecule has 0 aliphatic rings. The van der Waals surface area contributed by atoms with Crippen molar-refractivity contribution in [1.29, 1.82) is 0 Å². The molecule has 0 saturated heterocycles. The lowest BCUT2D eigenvalue weighted by molar-refractivity contribution is -0.123. The van der Waals surface area contributed by atoms with Gasteiger partial charge in [-0.3, -0.25) is 9.59 Å². The minimum absolute atomic E-state index is 0. The van der Waals surface area contributed by atoms with Crippen molar-refractivity contribution in [3.8, 4) is 0 Å². The second kappa shape index (κ2) is 8.28. The monoisotopic (exact) mass is 383 g/mol. The van der Waals surface area contributed by atoms with Crippen LogP contribution in [0.4, 0.5) is 5.69 Å². The van der Waals surface area contributed by atoms with Gasteiger partial charge in [0.15, 0.2) is 0 Å². The number of carbonyl (C=O) groups is 2. The van der Waals surface area contributed by atoms with Crippen molar-refractivity contribution in [2.45, 2.75) is 6.92 Å². The van der Waals surface area contributed by atoms with Crippen molar-refractivity contribution in [1.82, 2.24) is 5.32 Å². The van der Waals surface area contributed by atoms with E-state index in [0.29, 0.717) is 0 Å². The van der Waals surface area contributed by atoms with Crippen LogP contribution < -0.4 is 16.4 Å². The second-order valence-electron chi connectivity index (χ2n) is 3.49. The van der Waals surface area contributed by atoms with Gasteiger partial charge in [0.2, 0.25) is 11.8 Å². The molecule has 0 aromatic heterocycles. The SMILES string of the molecule is Cc1cc(I)ccc1NC(=O)CNC(=O)CN.Cl. The number of nitrogens with one attached hydrogen (secondary N) is 2. The molecule has 0 atom stereocenters. The summed E-state index contributed by atoms with van der Waals surface area (Å²) in [6, 6.07) is 5.70. The number of aryl methyl sites for hydroxylation is 1. The van der Waals surface area contributed by atoms with Gasteiger partial charge in [0, 0.05) is 9.26 Å². The first-order valence-corrected chi connectivity index (χ1v) is 6.13. The van der Waals surface area contributed by atoms with Crippen LogP contribution in [0, 0.1) is 10.5 Å². The minimum Gasteiger partial charge on any atom is -0.346 e. The van der Waals surface area contributed by atoms with Crippen molar-refractivity contribution >= 4 is 52.5 Å². The number of hydrogen-bond donors (Lipinski definition) is 3. The molecule has 0 aliphatic heterocycles. The van der Waals surface area contributed by atoms with E-state index in [1.165, 1.54) is 0 Å². The van der Waals surface area contributed by atoms with Gasteiger partial charge in [-0.15, -0.1) is 12.4 Å². The topological polar surface area (TPSA) is 84.2 Å². The zero-order valence-electron chi connectivity index (χ0n) is 9.83. The highest BCUT2D eigenvalue weighted by Crippen LogP contribution is 2.17. The molecule has 0 heterocycles. The summed E-state index contributed by atoms with van der Waals surface area (Å²) in [7, 11) is 0. The molecule has 0 spiro atoms. The highest BCUT2D eigenvalue weighted by molar-refractivity contribution is 14.1. The highest BCUT2D eigenvalue weighted by atomic mass is 127. The van der Waals surface area contributed by atoms with Gasteiger partial charge in [-0.2, -0.15) is 0 Å². The molecule has 4 N–H and O–H groups in total. The molecular weight excluding hydrogens is 368 g/mol. The Morgan fingerprint density at radius 3 is 2.56 bits per heavy atom. The molecule has 1 rings (SSSR count). The largest absolute Gasteiger partial charge is 0.346 e. The van der Waals surface area contributed by atoms with Gasteiger partial charge >= 0.3 is 0 Å². The van der Waals surface area contributed by atoms with Gasteiger partial charge in [0.1, 0.15) is 0 Å². The van der Waals surface area contributed by atoms with Crippen LogP contribution in [0.3, 0.4) is 0 Å². The standard InChI is InChI=1S/C11H14IN3O2.ClH/c1-7-4-8(12)2-3-9(7)15-11(17)6-14-10(16)5-13;/h2-4H,5-6,13H2,1H3,(H,14,16)(H,15,17);1H. The van der Waals surface area contributed by atoms with Gasteiger partial charge < -0.3 is 16.4 Å². The van der Waals surface area contributed by atoms with E-state index in [4.69, 9.17) is 5.73 Å². The molecule has 1 aromatic carbocycles. The van der Waals surface area contributed by atoms with Gasteiger partial charge in [-0.1, -0.05) is 0 Å². The van der Waals surface area contributed by atoms with Crippen LogP contribution in [0.5, 0.6) is 0 Å². The van der Waals surface area contributed by atoms with Crippen molar-refractivity contribution in [3.05, 3.63) is 27.3 Å². The molecule has 5 nitrogen and oxygen atoms in total. The third kappa shape index (κ3) is 5.65. The van der Waals surface area contributed by atoms with Crippen LogP contribution in [0.1, 0.15) is 5.56 Å². The number of nitrogens with two attached hydrogens (primary N) is 1. The van der Waals surface area contributed by atoms with Crippen molar-refractivity contribution < 1.29 is 9.59 Å². The number of hydrogen-bond acceptors (Lipinski definition) is 3. The predicted octanol–water partition coefficient (Wildman–Crippen LogP) is 1.03. The zero-order valence-corrected chi connectivity index (χ0v) is 12.8. The zero-order chi connectivity index (χ0) is 12.8. The van der Waals surface area contributed by atoms with E-state index in [9.17, 15) is 9.59 Å². The summed E-state index contributed by atoms with van der Waals surface area (Å²) in [5.74, 6) is -0.615. The molecule has 100 valence electrons. The molecule has 0 fully saturated rings. The summed E-state index contributed by atoms with van der Waals surface area (Å²) in [5, 5.41) is 5.12. The Bertz CT molecular complexity index is 440. The number of carbonyl (C=O) groups excluding carboxylic acids is 2. The van der Waals surface area contributed by atoms with E-state index in [-0.39, 0.29) is 37.3 Å². The molecule has 0 bridgehead atoms. The van der Waals surface area contributed by atoms with Crippen molar-refractivity contribution in [2.24, 2.45) is 5.73 Å². The Balaban J connectivity index is 0.00000289. The van der Waals surface area contributed by atoms with E-state index in [1.807, 2.05) is 25.1 Å². The molecule has 0 unspecified atom stereocenters. The minimum atomic E-state index is -0.348. The van der Waals surface area contributed by atoms with Gasteiger partial charge in [-0.05, 0) is 53.3 Å². The quantitative estimate of drug-likeness (QED) is 0.679. The Kier molecular flexibility index (Phi) is 7.88. The molecule has 18 heavy (non-hydrogen) atoms. The maximum absolute atomic E-state index is 11.5. The number of amides is 2. The van der Waals surface area contributed by atoms with Gasteiger partial charge in [0.25, 0.3) is 0 Å². The molecule has 0 saturated carbocycles. The lowest BCUT2D eigenvalue weighted by Crippen LogP contribution is -2.36. The predicted molar refractivity (Wildman–Crippen MR) is 81.8 cm³/mol. The molecular formula is C11H15ClIN3O2. The Morgan fingerprint density at radius 1 is 1.33 bits per heavy atom. The summed E-state index contributed by atoms with van der Waals surface area (Å²) in [5.41, 5.74) is 6.84. The van der Waals surface area contributed by atoms with Crippen LogP contribution in [0.2, 0.25) is 0 Å². The molecule has 1 aromatic rings. The summed E-state index contributed by atoms with van der Waals surface area (Å²) in [4.78, 5) is 22.4. The Hall–Kier alpha value is -0.860. The number of benzene rings is 1. The van der Waals surface area contributed by atoms with Crippen molar-refractivity contribution in [2.75, 3.05) is 18.4 Å². The number of anilines is 1. The summed E-state index contributed by atoms with van der Waals surface area (Å²) < 4.78 is 1.11. The van der Waals surface area contributed by atoms with Crippen molar-refractivity contribution in [3.63, 3.8) is 0 Å². The van der Waals surface area contributed by atoms with Crippen LogP contribution in [-0.2, 0) is 9.59 Å². The summed E-state index contributed by atoms with van der Waals surface area (Å²) in [6.07, 6.45) is 0. The first kappa shape index (κ1) is 17.1. The van der Waals surface area contributed by atoms with Crippen LogP contribution in [-0.4, -0.2) is 24.9 Å². The van der Waals surface area contributed by atoms with E-state index < -0.39 is 0 Å². The van der Waals surface area contributed by atoms with Gasteiger partial charge in [-0.25, -0.2) is 0 Å². The first-order valence-electron chi connectivity index (χ1n) is 5.05. The average Bonchev–Trinajstić information content (AvgIpc) is 2.29. The maximum Gasteiger partial charge on any atom is 0.243 e. The van der Waals surface area contributed by atoms with E-state index in [0.717, 1.165) is 14.8 Å². The molecule has 0 radical (unpaired) electrons. The molecule has 0 aliphatic carbocycles. The maximum atomic E-state index is 11.5. The molecule has 7 heteroatoms. The molecule has 2 amide bonds. The van der Waals surface area contributed by atoms with Crippen LogP contribution in [0.25, 0.3) is 0 Å². The van der Waals surface area contributed by atoms with E-state index >= 15 is 0 Å². The fraction of sp³-hybridized carbons (Fsp3) is 0.273. The first-order chi connectivity index (χ1) is 8.02. The lowest BCUT2D eigenvalue weighted by atomic mass is 10.2. The number of halogens is 2. The normalized spacial score (nSPS) is 9.28. The summed E-state index contributed by atoms with van der Waals surface area (Å²) in [6.45, 7) is 1.73. The van der Waals surface area contributed by atoms with Gasteiger partial charge in [0.05, 0.1) is 13.1 Å². The smallest absolute Gasteiger partial charge is 0.243 e. The summed E-state index contributed by atoms with van der Waals surface area (Å²) >= 11 is 2.20. The lowest BCUT2D eigenvalue weighted by Gasteiger charge is -2.09. The van der Waals surface area contributed by atoms with Crippen LogP contribution in [0.15, 0.2) is 18.2 Å². The van der Waals surface area contributed by atoms with E-state index in [1.54, 1.807) is 0 Å². The Labute approximate surface area is 125 Å². The second-order valence-corrected chi connectivity index (χ2v) is 4.73. The number of rotatable bonds is 4. The third-order valence-electron chi connectivity index (χ3n) is 2.09. The highest BCUT2D eigenvalue weighted by Gasteiger charge is 2.06.